The number of rotatable bonds is 7. The molecule has 154 valence electrons. The number of Topliss-reactive ketones (excluding diaryl/α,β-unsaturated/α-hetero) is 1. The van der Waals surface area contributed by atoms with Crippen molar-refractivity contribution >= 4 is 17.8 Å². The summed E-state index contributed by atoms with van der Waals surface area (Å²) in [6.45, 7) is 7.13. The summed E-state index contributed by atoms with van der Waals surface area (Å²) in [7, 11) is 1.62. The molecule has 0 aromatic heterocycles. The highest BCUT2D eigenvalue weighted by Crippen LogP contribution is 2.27. The second kappa shape index (κ2) is 10.1. The number of methoxy groups -OCH3 is 1. The maximum absolute atomic E-state index is 13.0. The Labute approximate surface area is 166 Å². The van der Waals surface area contributed by atoms with Gasteiger partial charge in [0.25, 0.3) is 0 Å². The smallest absolute Gasteiger partial charge is 0.317 e. The third kappa shape index (κ3) is 5.47. The number of amides is 2. The predicted molar refractivity (Wildman–Crippen MR) is 106 cm³/mol. The quantitative estimate of drug-likeness (QED) is 0.572. The highest BCUT2D eigenvalue weighted by atomic mass is 16.5. The normalized spacial score (nSPS) is 16.4. The van der Waals surface area contributed by atoms with Gasteiger partial charge in [0.15, 0.2) is 5.78 Å². The SMILES string of the molecule is CCOC(=O)CCNC(=O)N1CCC[C@@H](C(=O)c2cc(C)c(OC)c(C)c2)C1. The zero-order valence-electron chi connectivity index (χ0n) is 17.2. The molecule has 28 heavy (non-hydrogen) atoms. The fraction of sp³-hybridized carbons (Fsp3) is 0.571. The molecule has 0 aliphatic carbocycles. The van der Waals surface area contributed by atoms with Crippen molar-refractivity contribution in [1.29, 1.82) is 0 Å². The first-order chi connectivity index (χ1) is 13.4. The number of esters is 1. The van der Waals surface area contributed by atoms with Crippen molar-refractivity contribution in [3.63, 3.8) is 0 Å². The molecule has 2 rings (SSSR count). The van der Waals surface area contributed by atoms with Crippen LogP contribution in [0.25, 0.3) is 0 Å². The van der Waals surface area contributed by atoms with E-state index in [9.17, 15) is 14.4 Å². The average molecular weight is 390 g/mol. The lowest BCUT2D eigenvalue weighted by atomic mass is 9.89. The number of hydrogen-bond acceptors (Lipinski definition) is 5. The van der Waals surface area contributed by atoms with Crippen LogP contribution in [0.5, 0.6) is 5.75 Å². The van der Waals surface area contributed by atoms with E-state index in [4.69, 9.17) is 9.47 Å². The number of nitrogens with zero attached hydrogens (tertiary/aromatic N) is 1. The number of benzene rings is 1. The molecule has 1 atom stereocenters. The van der Waals surface area contributed by atoms with E-state index in [0.717, 1.165) is 29.7 Å². The Hall–Kier alpha value is -2.57. The van der Waals surface area contributed by atoms with Gasteiger partial charge in [-0.1, -0.05) is 0 Å². The van der Waals surface area contributed by atoms with Crippen LogP contribution in [0.3, 0.4) is 0 Å². The zero-order chi connectivity index (χ0) is 20.7. The Morgan fingerprint density at radius 3 is 2.50 bits per heavy atom. The topological polar surface area (TPSA) is 84.9 Å². The number of aryl methyl sites for hydroxylation is 2. The molecule has 1 N–H and O–H groups in total. The minimum absolute atomic E-state index is 0.0536. The van der Waals surface area contributed by atoms with Crippen molar-refractivity contribution in [3.8, 4) is 5.75 Å². The molecule has 1 fully saturated rings. The molecular weight excluding hydrogens is 360 g/mol. The largest absolute Gasteiger partial charge is 0.496 e. The monoisotopic (exact) mass is 390 g/mol. The van der Waals surface area contributed by atoms with Gasteiger partial charge in [0.1, 0.15) is 5.75 Å². The van der Waals surface area contributed by atoms with Crippen molar-refractivity contribution in [1.82, 2.24) is 10.2 Å². The molecule has 0 bridgehead atoms. The van der Waals surface area contributed by atoms with Crippen molar-refractivity contribution in [3.05, 3.63) is 28.8 Å². The van der Waals surface area contributed by atoms with E-state index in [1.807, 2.05) is 26.0 Å². The van der Waals surface area contributed by atoms with Gasteiger partial charge < -0.3 is 19.7 Å². The van der Waals surface area contributed by atoms with Crippen LogP contribution in [0.15, 0.2) is 12.1 Å². The Morgan fingerprint density at radius 1 is 1.21 bits per heavy atom. The summed E-state index contributed by atoms with van der Waals surface area (Å²) in [5, 5.41) is 2.73. The number of likely N-dealkylation sites (tertiary alicyclic amines) is 1. The minimum atomic E-state index is -0.334. The van der Waals surface area contributed by atoms with Gasteiger partial charge in [-0.25, -0.2) is 4.79 Å². The molecule has 1 aliphatic rings. The number of nitrogens with one attached hydrogen (secondary N) is 1. The Kier molecular flexibility index (Phi) is 7.84. The maximum atomic E-state index is 13.0. The van der Waals surface area contributed by atoms with E-state index in [0.29, 0.717) is 25.3 Å². The molecule has 1 aromatic carbocycles. The lowest BCUT2D eigenvalue weighted by molar-refractivity contribution is -0.142. The fourth-order valence-electron chi connectivity index (χ4n) is 3.64. The van der Waals surface area contributed by atoms with E-state index in [1.165, 1.54) is 0 Å². The van der Waals surface area contributed by atoms with Crippen LogP contribution in [-0.4, -0.2) is 56.0 Å². The van der Waals surface area contributed by atoms with Crippen LogP contribution >= 0.6 is 0 Å². The zero-order valence-corrected chi connectivity index (χ0v) is 17.2. The van der Waals surface area contributed by atoms with Crippen LogP contribution in [0.1, 0.15) is 47.7 Å². The number of hydrogen-bond donors (Lipinski definition) is 1. The first-order valence-electron chi connectivity index (χ1n) is 9.75. The summed E-state index contributed by atoms with van der Waals surface area (Å²) in [6, 6.07) is 3.46. The van der Waals surface area contributed by atoms with Gasteiger partial charge in [-0.3, -0.25) is 9.59 Å². The van der Waals surface area contributed by atoms with Crippen LogP contribution < -0.4 is 10.1 Å². The van der Waals surface area contributed by atoms with Crippen LogP contribution in [-0.2, 0) is 9.53 Å². The Morgan fingerprint density at radius 2 is 1.89 bits per heavy atom. The summed E-state index contributed by atoms with van der Waals surface area (Å²) in [5.74, 6) is 0.289. The number of carbonyl (C=O) groups excluding carboxylic acids is 3. The molecule has 7 heteroatoms. The van der Waals surface area contributed by atoms with E-state index in [1.54, 1.807) is 18.9 Å². The number of piperidine rings is 1. The molecule has 0 radical (unpaired) electrons. The van der Waals surface area contributed by atoms with Crippen molar-refractivity contribution in [2.45, 2.75) is 40.0 Å². The van der Waals surface area contributed by atoms with Gasteiger partial charge in [-0.2, -0.15) is 0 Å². The van der Waals surface area contributed by atoms with E-state index in [-0.39, 0.29) is 36.7 Å². The molecule has 1 heterocycles. The lowest BCUT2D eigenvalue weighted by Gasteiger charge is -2.32. The molecule has 7 nitrogen and oxygen atoms in total. The molecule has 1 aliphatic heterocycles. The van der Waals surface area contributed by atoms with Crippen molar-refractivity contribution < 1.29 is 23.9 Å². The number of carbonyl (C=O) groups is 3. The Bertz CT molecular complexity index is 709. The lowest BCUT2D eigenvalue weighted by Crippen LogP contribution is -2.47. The minimum Gasteiger partial charge on any atom is -0.496 e. The molecule has 1 saturated heterocycles. The predicted octanol–water partition coefficient (Wildman–Crippen LogP) is 2.87. The van der Waals surface area contributed by atoms with E-state index < -0.39 is 0 Å². The molecule has 0 spiro atoms. The molecular formula is C21H30N2O5. The third-order valence-electron chi connectivity index (χ3n) is 4.94. The first-order valence-corrected chi connectivity index (χ1v) is 9.75. The fourth-order valence-corrected chi connectivity index (χ4v) is 3.64. The second-order valence-electron chi connectivity index (χ2n) is 7.08. The van der Waals surface area contributed by atoms with Crippen LogP contribution in [0, 0.1) is 19.8 Å². The summed E-state index contributed by atoms with van der Waals surface area (Å²) < 4.78 is 10.2. The highest BCUT2D eigenvalue weighted by molar-refractivity contribution is 5.99. The van der Waals surface area contributed by atoms with E-state index in [2.05, 4.69) is 5.32 Å². The second-order valence-corrected chi connectivity index (χ2v) is 7.08. The summed E-state index contributed by atoms with van der Waals surface area (Å²) in [6.07, 6.45) is 1.67. The van der Waals surface area contributed by atoms with Gasteiger partial charge in [0.2, 0.25) is 0 Å². The standard InChI is InChI=1S/C21H30N2O5/c1-5-28-18(24)8-9-22-21(26)23-10-6-7-16(13-23)19(25)17-11-14(2)20(27-4)15(3)12-17/h11-12,16H,5-10,13H2,1-4H3,(H,22,26)/t16-/m1/s1. The third-order valence-corrected chi connectivity index (χ3v) is 4.94. The maximum Gasteiger partial charge on any atom is 0.317 e. The first kappa shape index (κ1) is 21.7. The Balaban J connectivity index is 1.96. The van der Waals surface area contributed by atoms with E-state index >= 15 is 0 Å². The van der Waals surface area contributed by atoms with Gasteiger partial charge in [-0.05, 0) is 56.9 Å². The molecule has 0 saturated carbocycles. The highest BCUT2D eigenvalue weighted by Gasteiger charge is 2.29. The van der Waals surface area contributed by atoms with Gasteiger partial charge >= 0.3 is 12.0 Å². The van der Waals surface area contributed by atoms with Crippen molar-refractivity contribution in [2.75, 3.05) is 33.4 Å². The number of ether oxygens (including phenoxy) is 2. The summed E-state index contributed by atoms with van der Waals surface area (Å²) in [5.41, 5.74) is 2.51. The summed E-state index contributed by atoms with van der Waals surface area (Å²) in [4.78, 5) is 38.4. The van der Waals surface area contributed by atoms with Crippen molar-refractivity contribution in [2.24, 2.45) is 5.92 Å². The number of urea groups is 1. The van der Waals surface area contributed by atoms with Gasteiger partial charge in [0.05, 0.1) is 20.1 Å². The molecule has 1 aromatic rings. The number of ketones is 1. The van der Waals surface area contributed by atoms with Gasteiger partial charge in [-0.15, -0.1) is 0 Å². The van der Waals surface area contributed by atoms with Crippen LogP contribution in [0.4, 0.5) is 4.79 Å². The molecule has 2 amide bonds. The summed E-state index contributed by atoms with van der Waals surface area (Å²) >= 11 is 0. The van der Waals surface area contributed by atoms with Crippen LogP contribution in [0.2, 0.25) is 0 Å². The molecule has 0 unspecified atom stereocenters. The average Bonchev–Trinajstić information content (AvgIpc) is 2.67. The van der Waals surface area contributed by atoms with Gasteiger partial charge in [0, 0.05) is 31.1 Å².